The van der Waals surface area contributed by atoms with Gasteiger partial charge in [-0.25, -0.2) is 21.8 Å². The van der Waals surface area contributed by atoms with Crippen LogP contribution in [0, 0.1) is 0 Å². The Morgan fingerprint density at radius 2 is 1.52 bits per heavy atom. The molecule has 0 fully saturated rings. The highest BCUT2D eigenvalue weighted by molar-refractivity contribution is 7.92. The van der Waals surface area contributed by atoms with Gasteiger partial charge in [0.15, 0.2) is 9.84 Å². The van der Waals surface area contributed by atoms with Crippen molar-refractivity contribution in [3.05, 3.63) is 47.7 Å². The van der Waals surface area contributed by atoms with Gasteiger partial charge in [-0.05, 0) is 36.4 Å². The summed E-state index contributed by atoms with van der Waals surface area (Å²) >= 11 is 5.61. The first-order valence-electron chi connectivity index (χ1n) is 5.63. The lowest BCUT2D eigenvalue weighted by molar-refractivity contribution is 0.597. The van der Waals surface area contributed by atoms with Crippen molar-refractivity contribution < 1.29 is 16.8 Å². The van der Waals surface area contributed by atoms with E-state index in [0.29, 0.717) is 0 Å². The number of sulfone groups is 1. The number of hydrogen-bond donors (Lipinski definition) is 1. The maximum atomic E-state index is 12.1. The number of aromatic nitrogens is 1. The number of sulfonamides is 1. The van der Waals surface area contributed by atoms with Gasteiger partial charge in [-0.1, -0.05) is 11.6 Å². The Balaban J connectivity index is 2.29. The third-order valence-corrected chi connectivity index (χ3v) is 5.29. The van der Waals surface area contributed by atoms with Gasteiger partial charge in [0.1, 0.15) is 5.15 Å². The molecule has 0 saturated carbocycles. The third kappa shape index (κ3) is 3.93. The number of pyridine rings is 1. The molecule has 0 bridgehead atoms. The maximum absolute atomic E-state index is 12.1. The average molecular weight is 347 g/mol. The molecule has 112 valence electrons. The summed E-state index contributed by atoms with van der Waals surface area (Å²) in [5.41, 5.74) is 0.256. The highest BCUT2D eigenvalue weighted by atomic mass is 35.5. The van der Waals surface area contributed by atoms with Gasteiger partial charge in [0, 0.05) is 6.26 Å². The van der Waals surface area contributed by atoms with Crippen molar-refractivity contribution in [3.63, 3.8) is 0 Å². The van der Waals surface area contributed by atoms with E-state index in [1.165, 1.54) is 42.6 Å². The van der Waals surface area contributed by atoms with Crippen LogP contribution in [0.2, 0.25) is 5.15 Å². The summed E-state index contributed by atoms with van der Waals surface area (Å²) in [5.74, 6) is 0. The minimum absolute atomic E-state index is 0.0506. The number of halogens is 1. The van der Waals surface area contributed by atoms with Gasteiger partial charge in [-0.15, -0.1) is 0 Å². The Kier molecular flexibility index (Phi) is 4.22. The minimum atomic E-state index is -3.82. The fourth-order valence-corrected chi connectivity index (χ4v) is 3.30. The monoisotopic (exact) mass is 346 g/mol. The summed E-state index contributed by atoms with van der Waals surface area (Å²) < 4.78 is 49.2. The molecule has 1 heterocycles. The van der Waals surface area contributed by atoms with Crippen LogP contribution in [-0.4, -0.2) is 28.1 Å². The molecule has 2 aromatic rings. The van der Waals surface area contributed by atoms with E-state index in [4.69, 9.17) is 11.6 Å². The Bertz CT molecular complexity index is 845. The largest absolute Gasteiger partial charge is 0.278 e. The molecule has 0 atom stereocenters. The molecule has 2 rings (SSSR count). The Labute approximate surface area is 127 Å². The van der Waals surface area contributed by atoms with Crippen LogP contribution in [0.15, 0.2) is 52.4 Å². The second kappa shape index (κ2) is 5.63. The summed E-state index contributed by atoms with van der Waals surface area (Å²) in [6, 6.07) is 7.85. The van der Waals surface area contributed by atoms with Crippen molar-refractivity contribution >= 4 is 37.1 Å². The first-order chi connectivity index (χ1) is 9.68. The zero-order valence-corrected chi connectivity index (χ0v) is 13.2. The van der Waals surface area contributed by atoms with E-state index in [0.717, 1.165) is 6.26 Å². The summed E-state index contributed by atoms with van der Waals surface area (Å²) in [4.78, 5) is 3.76. The molecule has 1 N–H and O–H groups in total. The second-order valence-corrected chi connectivity index (χ2v) is 8.30. The molecule has 1 aromatic heterocycles. The zero-order valence-electron chi connectivity index (χ0n) is 10.8. The first-order valence-corrected chi connectivity index (χ1v) is 9.38. The van der Waals surface area contributed by atoms with Crippen molar-refractivity contribution in [2.24, 2.45) is 0 Å². The molecule has 0 aliphatic heterocycles. The van der Waals surface area contributed by atoms with E-state index < -0.39 is 19.9 Å². The van der Waals surface area contributed by atoms with E-state index in [1.807, 2.05) is 0 Å². The van der Waals surface area contributed by atoms with Crippen LogP contribution in [-0.2, 0) is 19.9 Å². The topological polar surface area (TPSA) is 93.2 Å². The van der Waals surface area contributed by atoms with Crippen molar-refractivity contribution in [3.8, 4) is 0 Å². The van der Waals surface area contributed by atoms with Crippen molar-refractivity contribution in [1.82, 2.24) is 4.98 Å². The molecule has 0 aliphatic rings. The van der Waals surface area contributed by atoms with E-state index >= 15 is 0 Å². The molecule has 0 unspecified atom stereocenters. The molecule has 9 heteroatoms. The van der Waals surface area contributed by atoms with Crippen LogP contribution >= 0.6 is 11.6 Å². The molecule has 0 radical (unpaired) electrons. The number of anilines is 1. The fraction of sp³-hybridized carbons (Fsp3) is 0.0833. The predicted molar refractivity (Wildman–Crippen MR) is 79.6 cm³/mol. The predicted octanol–water partition coefficient (Wildman–Crippen LogP) is 1.94. The number of benzene rings is 1. The first kappa shape index (κ1) is 15.7. The molecule has 1 aromatic carbocycles. The Morgan fingerprint density at radius 1 is 0.952 bits per heavy atom. The molecule has 0 saturated heterocycles. The quantitative estimate of drug-likeness (QED) is 0.854. The lowest BCUT2D eigenvalue weighted by atomic mass is 10.4. The molecule has 0 amide bonds. The van der Waals surface area contributed by atoms with Gasteiger partial charge in [0.25, 0.3) is 10.0 Å². The van der Waals surface area contributed by atoms with Crippen molar-refractivity contribution in [2.75, 3.05) is 11.0 Å². The Hall–Kier alpha value is -1.64. The summed E-state index contributed by atoms with van der Waals surface area (Å²) in [6.07, 6.45) is 2.33. The van der Waals surface area contributed by atoms with Crippen LogP contribution < -0.4 is 4.72 Å². The molecular formula is C12H11ClN2O4S2. The van der Waals surface area contributed by atoms with Gasteiger partial charge in [0.05, 0.1) is 21.7 Å². The standard InChI is InChI=1S/C12H11ClN2O4S2/c1-20(16,17)10-3-5-11(6-4-10)21(18,19)15-9-2-7-12(13)14-8-9/h2-8,15H,1H3. The number of hydrogen-bond acceptors (Lipinski definition) is 5. The van der Waals surface area contributed by atoms with E-state index in [-0.39, 0.29) is 20.6 Å². The highest BCUT2D eigenvalue weighted by Crippen LogP contribution is 2.18. The van der Waals surface area contributed by atoms with Crippen molar-refractivity contribution in [2.45, 2.75) is 9.79 Å². The summed E-state index contributed by atoms with van der Waals surface area (Å²) in [7, 11) is -7.18. The van der Waals surface area contributed by atoms with Crippen LogP contribution in [0.3, 0.4) is 0 Å². The number of nitrogens with zero attached hydrogens (tertiary/aromatic N) is 1. The smallest absolute Gasteiger partial charge is 0.261 e. The van der Waals surface area contributed by atoms with Gasteiger partial charge < -0.3 is 0 Å². The molecule has 0 spiro atoms. The lowest BCUT2D eigenvalue weighted by Crippen LogP contribution is -2.13. The van der Waals surface area contributed by atoms with Gasteiger partial charge in [-0.3, -0.25) is 4.72 Å². The normalized spacial score (nSPS) is 12.1. The van der Waals surface area contributed by atoms with E-state index in [2.05, 4.69) is 9.71 Å². The van der Waals surface area contributed by atoms with Gasteiger partial charge in [-0.2, -0.15) is 0 Å². The summed E-state index contributed by atoms with van der Waals surface area (Å²) in [5, 5.41) is 0.246. The zero-order chi connectivity index (χ0) is 15.7. The van der Waals surface area contributed by atoms with Crippen LogP contribution in [0.25, 0.3) is 0 Å². The maximum Gasteiger partial charge on any atom is 0.261 e. The van der Waals surface area contributed by atoms with Crippen LogP contribution in [0.1, 0.15) is 0 Å². The number of rotatable bonds is 4. The van der Waals surface area contributed by atoms with Gasteiger partial charge in [0.2, 0.25) is 0 Å². The summed E-state index contributed by atoms with van der Waals surface area (Å²) in [6.45, 7) is 0. The van der Waals surface area contributed by atoms with Crippen LogP contribution in [0.5, 0.6) is 0 Å². The lowest BCUT2D eigenvalue weighted by Gasteiger charge is -2.08. The third-order valence-electron chi connectivity index (χ3n) is 2.54. The Morgan fingerprint density at radius 3 is 2.00 bits per heavy atom. The van der Waals surface area contributed by atoms with E-state index in [9.17, 15) is 16.8 Å². The van der Waals surface area contributed by atoms with Gasteiger partial charge >= 0.3 is 0 Å². The highest BCUT2D eigenvalue weighted by Gasteiger charge is 2.16. The molecule has 6 nitrogen and oxygen atoms in total. The van der Waals surface area contributed by atoms with Crippen molar-refractivity contribution in [1.29, 1.82) is 0 Å². The molecular weight excluding hydrogens is 336 g/mol. The average Bonchev–Trinajstić information content (AvgIpc) is 2.40. The SMILES string of the molecule is CS(=O)(=O)c1ccc(S(=O)(=O)Nc2ccc(Cl)nc2)cc1. The minimum Gasteiger partial charge on any atom is -0.278 e. The second-order valence-electron chi connectivity index (χ2n) is 4.22. The molecule has 0 aliphatic carbocycles. The number of nitrogens with one attached hydrogen (secondary N) is 1. The van der Waals surface area contributed by atoms with Crippen LogP contribution in [0.4, 0.5) is 5.69 Å². The molecule has 21 heavy (non-hydrogen) atoms. The van der Waals surface area contributed by atoms with E-state index in [1.54, 1.807) is 0 Å². The fourth-order valence-electron chi connectivity index (χ4n) is 1.52.